The molecule has 0 radical (unpaired) electrons. The van der Waals surface area contributed by atoms with Gasteiger partial charge in [-0.15, -0.1) is 0 Å². The first-order valence-electron chi connectivity index (χ1n) is 3.61. The number of carbonyl (C=O) groups excluding carboxylic acids is 1. The maximum absolute atomic E-state index is 11.3. The molecule has 0 aliphatic rings. The third-order valence-corrected chi connectivity index (χ3v) is 1.61. The first-order valence-corrected chi connectivity index (χ1v) is 3.61. The van der Waals surface area contributed by atoms with Crippen molar-refractivity contribution in [2.45, 2.75) is 13.5 Å². The molecule has 4 N–H and O–H groups in total. The van der Waals surface area contributed by atoms with E-state index in [4.69, 9.17) is 11.3 Å². The van der Waals surface area contributed by atoms with Gasteiger partial charge < -0.3 is 5.73 Å². The van der Waals surface area contributed by atoms with Crippen molar-refractivity contribution in [3.05, 3.63) is 16.0 Å². The van der Waals surface area contributed by atoms with Gasteiger partial charge in [-0.25, -0.2) is 5.53 Å². The number of hydrogen-bond acceptors (Lipinski definition) is 4. The lowest BCUT2D eigenvalue weighted by Gasteiger charge is -1.92. The third kappa shape index (κ3) is 1.35. The minimum absolute atomic E-state index is 0.123. The van der Waals surface area contributed by atoms with E-state index in [-0.39, 0.29) is 11.4 Å². The molecule has 0 aromatic carbocycles. The summed E-state index contributed by atoms with van der Waals surface area (Å²) in [5.74, 6) is -0.796. The molecule has 1 heterocycles. The maximum atomic E-state index is 11.3. The number of primary amides is 1. The summed E-state index contributed by atoms with van der Waals surface area (Å²) in [6.45, 7) is 2.09. The normalized spacial score (nSPS) is 9.92. The second kappa shape index (κ2) is 3.21. The Labute approximate surface area is 73.0 Å². The molecule has 0 saturated carbocycles. The summed E-state index contributed by atoms with van der Waals surface area (Å²) in [6.07, 6.45) is 0. The Morgan fingerprint density at radius 1 is 1.77 bits per heavy atom. The van der Waals surface area contributed by atoms with Crippen molar-refractivity contribution in [2.75, 3.05) is 0 Å². The van der Waals surface area contributed by atoms with E-state index in [9.17, 15) is 9.59 Å². The lowest BCUT2D eigenvalue weighted by Crippen LogP contribution is -2.14. The number of hydrogen-bond donors (Lipinski definition) is 3. The smallest absolute Gasteiger partial charge is 0.295 e. The number of aromatic nitrogens is 2. The van der Waals surface area contributed by atoms with Crippen LogP contribution in [0.25, 0.3) is 0 Å². The van der Waals surface area contributed by atoms with E-state index in [0.29, 0.717) is 6.54 Å². The highest BCUT2D eigenvalue weighted by molar-refractivity contribution is 5.95. The third-order valence-electron chi connectivity index (χ3n) is 1.61. The van der Waals surface area contributed by atoms with Crippen molar-refractivity contribution < 1.29 is 4.79 Å². The molecule has 7 nitrogen and oxygen atoms in total. The maximum Gasteiger partial charge on any atom is 0.295 e. The van der Waals surface area contributed by atoms with Gasteiger partial charge in [0.2, 0.25) is 0 Å². The molecule has 1 aromatic heterocycles. The number of nitrogens with two attached hydrogens (primary N) is 1. The Hall–Kier alpha value is -1.92. The average molecular weight is 183 g/mol. The number of nitrogens with zero attached hydrogens (tertiary/aromatic N) is 2. The summed E-state index contributed by atoms with van der Waals surface area (Å²) in [4.78, 5) is 22.0. The summed E-state index contributed by atoms with van der Waals surface area (Å²) in [7, 11) is 0. The molecule has 0 saturated heterocycles. The van der Waals surface area contributed by atoms with Crippen LogP contribution in [0.4, 0.5) is 5.69 Å². The van der Waals surface area contributed by atoms with Crippen LogP contribution >= 0.6 is 0 Å². The first kappa shape index (κ1) is 9.17. The van der Waals surface area contributed by atoms with Gasteiger partial charge in [0, 0.05) is 6.54 Å². The molecule has 0 spiro atoms. The zero-order valence-corrected chi connectivity index (χ0v) is 7.00. The zero-order valence-electron chi connectivity index (χ0n) is 7.00. The number of aryl methyl sites for hydroxylation is 1. The van der Waals surface area contributed by atoms with Crippen molar-refractivity contribution in [1.82, 2.24) is 9.78 Å². The summed E-state index contributed by atoms with van der Waals surface area (Å²) < 4.78 is 1.16. The van der Waals surface area contributed by atoms with Crippen LogP contribution in [0.15, 0.2) is 9.91 Å². The van der Waals surface area contributed by atoms with Crippen LogP contribution in [0, 0.1) is 5.53 Å². The molecule has 1 aromatic rings. The Bertz CT molecular complexity index is 402. The zero-order chi connectivity index (χ0) is 10.0. The molecule has 1 amide bonds. The highest BCUT2D eigenvalue weighted by atomic mass is 16.2. The molecule has 1 rings (SSSR count). The molecule has 0 bridgehead atoms. The van der Waals surface area contributed by atoms with Gasteiger partial charge in [0.1, 0.15) is 0 Å². The van der Waals surface area contributed by atoms with Crippen molar-refractivity contribution >= 4 is 11.6 Å². The van der Waals surface area contributed by atoms with Crippen LogP contribution in [0.2, 0.25) is 0 Å². The Kier molecular flexibility index (Phi) is 2.27. The first-order chi connectivity index (χ1) is 6.11. The SMILES string of the molecule is CCn1[nH]c(C(N)=O)c(N=N)c1=O. The lowest BCUT2D eigenvalue weighted by molar-refractivity contribution is 0.0995. The Morgan fingerprint density at radius 3 is 2.69 bits per heavy atom. The number of H-pyrrole nitrogens is 1. The Morgan fingerprint density at radius 2 is 2.38 bits per heavy atom. The summed E-state index contributed by atoms with van der Waals surface area (Å²) in [5, 5.41) is 5.41. The van der Waals surface area contributed by atoms with Crippen LogP contribution in [-0.2, 0) is 6.54 Å². The highest BCUT2D eigenvalue weighted by Crippen LogP contribution is 2.09. The van der Waals surface area contributed by atoms with E-state index in [0.717, 1.165) is 4.68 Å². The van der Waals surface area contributed by atoms with E-state index in [1.807, 2.05) is 0 Å². The fraction of sp³-hybridized carbons (Fsp3) is 0.333. The second-order valence-corrected chi connectivity index (χ2v) is 2.36. The minimum atomic E-state index is -0.796. The number of aromatic amines is 1. The summed E-state index contributed by atoms with van der Waals surface area (Å²) in [5.41, 5.74) is 10.8. The van der Waals surface area contributed by atoms with Crippen molar-refractivity contribution in [3.63, 3.8) is 0 Å². The van der Waals surface area contributed by atoms with Gasteiger partial charge in [-0.1, -0.05) is 0 Å². The monoisotopic (exact) mass is 183 g/mol. The topological polar surface area (TPSA) is 117 Å². The van der Waals surface area contributed by atoms with Crippen molar-refractivity contribution in [1.29, 1.82) is 5.53 Å². The molecule has 70 valence electrons. The largest absolute Gasteiger partial charge is 0.364 e. The molecule has 0 fully saturated rings. The number of rotatable bonds is 3. The number of nitrogens with one attached hydrogen (secondary N) is 2. The lowest BCUT2D eigenvalue weighted by atomic mass is 10.3. The van der Waals surface area contributed by atoms with Crippen LogP contribution in [0.1, 0.15) is 17.4 Å². The Balaban J connectivity index is 3.45. The van der Waals surface area contributed by atoms with E-state index >= 15 is 0 Å². The van der Waals surface area contributed by atoms with Gasteiger partial charge in [-0.05, 0) is 6.92 Å². The molecule has 0 atom stereocenters. The summed E-state index contributed by atoms with van der Waals surface area (Å²) >= 11 is 0. The van der Waals surface area contributed by atoms with E-state index in [2.05, 4.69) is 10.2 Å². The van der Waals surface area contributed by atoms with E-state index in [1.54, 1.807) is 6.92 Å². The number of carbonyl (C=O) groups is 1. The molecule has 0 aliphatic heterocycles. The van der Waals surface area contributed by atoms with Gasteiger partial charge in [-0.3, -0.25) is 19.4 Å². The number of amides is 1. The minimum Gasteiger partial charge on any atom is -0.364 e. The quantitative estimate of drug-likeness (QED) is 0.570. The molecule has 0 aliphatic carbocycles. The van der Waals surface area contributed by atoms with E-state index < -0.39 is 11.5 Å². The molecule has 7 heteroatoms. The van der Waals surface area contributed by atoms with Crippen molar-refractivity contribution in [2.24, 2.45) is 10.8 Å². The van der Waals surface area contributed by atoms with Crippen molar-refractivity contribution in [3.8, 4) is 0 Å². The van der Waals surface area contributed by atoms with Gasteiger partial charge in [0.05, 0.1) is 0 Å². The van der Waals surface area contributed by atoms with Gasteiger partial charge in [0.15, 0.2) is 11.4 Å². The summed E-state index contributed by atoms with van der Waals surface area (Å²) in [6, 6.07) is 0. The molecular formula is C6H9N5O2. The van der Waals surface area contributed by atoms with Crippen LogP contribution in [0.5, 0.6) is 0 Å². The van der Waals surface area contributed by atoms with Gasteiger partial charge in [-0.2, -0.15) is 5.11 Å². The molecule has 0 unspecified atom stereocenters. The average Bonchev–Trinajstić information content (AvgIpc) is 2.42. The predicted octanol–water partition coefficient (Wildman–Crippen LogP) is -0.0423. The van der Waals surface area contributed by atoms with Gasteiger partial charge in [0.25, 0.3) is 11.5 Å². The fourth-order valence-corrected chi connectivity index (χ4v) is 0.972. The van der Waals surface area contributed by atoms with Gasteiger partial charge >= 0.3 is 0 Å². The van der Waals surface area contributed by atoms with Crippen LogP contribution in [0.3, 0.4) is 0 Å². The molecular weight excluding hydrogens is 174 g/mol. The van der Waals surface area contributed by atoms with Crippen LogP contribution in [-0.4, -0.2) is 15.7 Å². The van der Waals surface area contributed by atoms with Crippen LogP contribution < -0.4 is 11.3 Å². The molecule has 13 heavy (non-hydrogen) atoms. The predicted molar refractivity (Wildman–Crippen MR) is 44.1 cm³/mol. The van der Waals surface area contributed by atoms with E-state index in [1.165, 1.54) is 0 Å². The standard InChI is InChI=1S/C6H9N5O2/c1-2-11-6(13)4(9-8)3(10-11)5(7)12/h8,10H,2H2,1H3,(H2,7,12). The highest BCUT2D eigenvalue weighted by Gasteiger charge is 2.16. The second-order valence-electron chi connectivity index (χ2n) is 2.36. The fourth-order valence-electron chi connectivity index (χ4n) is 0.972.